The van der Waals surface area contributed by atoms with Gasteiger partial charge in [0.05, 0.1) is 7.11 Å². The number of nitrogens with zero attached hydrogens (tertiary/aromatic N) is 1. The molecule has 6 rings (SSSR count). The van der Waals surface area contributed by atoms with Crippen molar-refractivity contribution in [3.8, 4) is 17.2 Å². The third kappa shape index (κ3) is 4.67. The number of fused-ring (bicyclic) bond motifs is 6. The van der Waals surface area contributed by atoms with E-state index in [1.165, 1.54) is 48.1 Å². The highest BCUT2D eigenvalue weighted by Gasteiger charge is 2.38. The van der Waals surface area contributed by atoms with Crippen LogP contribution in [0, 0.1) is 6.92 Å². The molecule has 2 aliphatic carbocycles. The van der Waals surface area contributed by atoms with E-state index in [9.17, 15) is 10.2 Å². The topological polar surface area (TPSA) is 65.0 Å². The quantitative estimate of drug-likeness (QED) is 0.422. The molecule has 5 nitrogen and oxygen atoms in total. The van der Waals surface area contributed by atoms with Crippen molar-refractivity contribution in [3.05, 3.63) is 52.1 Å². The smallest absolute Gasteiger partial charge is 0.160 e. The van der Waals surface area contributed by atoms with Gasteiger partial charge in [0.2, 0.25) is 0 Å². The van der Waals surface area contributed by atoms with Gasteiger partial charge in [-0.15, -0.1) is 29.4 Å². The lowest BCUT2D eigenvalue weighted by Crippen LogP contribution is -2.32. The van der Waals surface area contributed by atoms with E-state index in [2.05, 4.69) is 36.3 Å². The number of hydrogen-bond donors (Lipinski definition) is 3. The zero-order valence-electron chi connectivity index (χ0n) is 20.3. The molecule has 3 N–H and O–H groups in total. The number of phenols is 2. The van der Waals surface area contributed by atoms with Crippen LogP contribution < -0.4 is 10.1 Å². The first kappa shape index (κ1) is 27.1. The highest BCUT2D eigenvalue weighted by atomic mass is 79.9. The first-order valence-corrected chi connectivity index (χ1v) is 12.1. The number of hydrogen-bond acceptors (Lipinski definition) is 5. The molecule has 0 radical (unpaired) electrons. The Balaban J connectivity index is 0.000000180. The summed E-state index contributed by atoms with van der Waals surface area (Å²) in [7, 11) is 3.97. The molecule has 0 saturated carbocycles. The Kier molecular flexibility index (Phi) is 8.83. The molecule has 0 unspecified atom stereocenters. The molecule has 0 amide bonds. The minimum Gasteiger partial charge on any atom is -0.504 e. The Hall–Kier alpha value is -1.47. The first-order chi connectivity index (χ1) is 15.5. The number of methoxy groups -OCH3 is 1. The Bertz CT molecular complexity index is 1020. The van der Waals surface area contributed by atoms with E-state index < -0.39 is 0 Å². The van der Waals surface area contributed by atoms with E-state index in [1.807, 2.05) is 6.07 Å². The maximum Gasteiger partial charge on any atom is 0.160 e. The normalized spacial score (nSPS) is 26.4. The van der Waals surface area contributed by atoms with Gasteiger partial charge in [0.25, 0.3) is 0 Å². The molecule has 2 fully saturated rings. The van der Waals surface area contributed by atoms with E-state index in [1.54, 1.807) is 13.2 Å². The molecule has 0 spiro atoms. The molecule has 0 bridgehead atoms. The SMILES string of the molecule is Br.CN1CC[C@@H]2c3ccc(O)c(O)c3CC[C@H]21.COc1c(C)ccc2c1CC[C@H]1NCC[C@H]21.Cl. The standard InChI is InChI=1S/C14H19NO.C13H17NO2.BrH.ClH/c1-9-3-4-10-11-7-8-15-13(11)6-5-12(10)14(9)16-2;1-14-7-6-9-8-3-5-12(15)13(16)10(8)2-4-11(9)14;;/h3-4,11,13,15H,5-8H2,1-2H3;3,5,9,11,15-16H,2,4,6-7H2,1H3;2*1H/t11-,13-;9-,11-;;/m11../s1. The van der Waals surface area contributed by atoms with E-state index in [0.717, 1.165) is 43.0 Å². The van der Waals surface area contributed by atoms with E-state index in [0.29, 0.717) is 18.0 Å². The highest BCUT2D eigenvalue weighted by molar-refractivity contribution is 8.93. The Morgan fingerprint density at radius 1 is 0.941 bits per heavy atom. The van der Waals surface area contributed by atoms with Crippen molar-refractivity contribution in [1.82, 2.24) is 10.2 Å². The number of benzene rings is 2. The van der Waals surface area contributed by atoms with Crippen LogP contribution in [0.5, 0.6) is 17.2 Å². The fourth-order valence-corrected chi connectivity index (χ4v) is 6.73. The van der Waals surface area contributed by atoms with Crippen LogP contribution in [-0.4, -0.2) is 54.4 Å². The second-order valence-electron chi connectivity index (χ2n) is 9.96. The molecule has 2 aromatic carbocycles. The average molecular weight is 554 g/mol. The van der Waals surface area contributed by atoms with Crippen LogP contribution in [0.2, 0.25) is 0 Å². The Labute approximate surface area is 220 Å². The lowest BCUT2D eigenvalue weighted by molar-refractivity contribution is 0.272. The lowest BCUT2D eigenvalue weighted by Gasteiger charge is -2.32. The Morgan fingerprint density at radius 3 is 2.41 bits per heavy atom. The summed E-state index contributed by atoms with van der Waals surface area (Å²) >= 11 is 0. The summed E-state index contributed by atoms with van der Waals surface area (Å²) in [5.41, 5.74) is 6.48. The van der Waals surface area contributed by atoms with Gasteiger partial charge in [-0.05, 0) is 93.9 Å². The van der Waals surface area contributed by atoms with Crippen LogP contribution in [-0.2, 0) is 12.8 Å². The molecule has 2 heterocycles. The van der Waals surface area contributed by atoms with E-state index in [-0.39, 0.29) is 40.9 Å². The van der Waals surface area contributed by atoms with Gasteiger partial charge in [0.1, 0.15) is 5.75 Å². The summed E-state index contributed by atoms with van der Waals surface area (Å²) in [6.45, 7) is 4.44. The monoisotopic (exact) mass is 552 g/mol. The highest BCUT2D eigenvalue weighted by Crippen LogP contribution is 2.46. The second kappa shape index (κ2) is 11.1. The summed E-state index contributed by atoms with van der Waals surface area (Å²) in [6, 6.07) is 9.46. The number of phenolic OH excluding ortho intramolecular Hbond substituents is 2. The lowest BCUT2D eigenvalue weighted by atomic mass is 9.79. The van der Waals surface area contributed by atoms with Gasteiger partial charge in [-0.1, -0.05) is 18.2 Å². The number of nitrogens with one attached hydrogen (secondary N) is 1. The maximum absolute atomic E-state index is 9.87. The number of likely N-dealkylation sites (tertiary alicyclic amines) is 1. The molecule has 4 atom stereocenters. The van der Waals surface area contributed by atoms with Crippen molar-refractivity contribution in [1.29, 1.82) is 0 Å². The van der Waals surface area contributed by atoms with Gasteiger partial charge in [0.15, 0.2) is 11.5 Å². The van der Waals surface area contributed by atoms with Gasteiger partial charge in [-0.3, -0.25) is 0 Å². The summed E-state index contributed by atoms with van der Waals surface area (Å²) in [5.74, 6) is 2.51. The molecule has 2 aromatic rings. The predicted molar refractivity (Wildman–Crippen MR) is 145 cm³/mol. The Morgan fingerprint density at radius 2 is 1.65 bits per heavy atom. The van der Waals surface area contributed by atoms with Crippen LogP contribution in [0.1, 0.15) is 65.3 Å². The van der Waals surface area contributed by atoms with Crippen molar-refractivity contribution >= 4 is 29.4 Å². The van der Waals surface area contributed by atoms with E-state index in [4.69, 9.17) is 4.74 Å². The zero-order valence-corrected chi connectivity index (χ0v) is 22.9. The third-order valence-corrected chi connectivity index (χ3v) is 8.36. The van der Waals surface area contributed by atoms with Gasteiger partial charge < -0.3 is 25.2 Å². The number of aryl methyl sites for hydroxylation is 1. The van der Waals surface area contributed by atoms with Crippen LogP contribution in [0.25, 0.3) is 0 Å². The molecule has 34 heavy (non-hydrogen) atoms. The summed E-state index contributed by atoms with van der Waals surface area (Å²) in [4.78, 5) is 2.41. The van der Waals surface area contributed by atoms with Gasteiger partial charge in [-0.2, -0.15) is 0 Å². The van der Waals surface area contributed by atoms with Crippen LogP contribution in [0.3, 0.4) is 0 Å². The number of rotatable bonds is 1. The maximum atomic E-state index is 9.87. The van der Waals surface area contributed by atoms with Crippen molar-refractivity contribution in [2.24, 2.45) is 0 Å². The minimum atomic E-state index is 0. The number of ether oxygens (including phenoxy) is 1. The minimum absolute atomic E-state index is 0. The van der Waals surface area contributed by atoms with Crippen molar-refractivity contribution in [2.45, 2.75) is 69.4 Å². The average Bonchev–Trinajstić information content (AvgIpc) is 3.43. The fraction of sp³-hybridized carbons (Fsp3) is 0.556. The first-order valence-electron chi connectivity index (χ1n) is 12.1. The van der Waals surface area contributed by atoms with Crippen LogP contribution >= 0.6 is 29.4 Å². The molecule has 2 saturated heterocycles. The van der Waals surface area contributed by atoms with Gasteiger partial charge in [-0.25, -0.2) is 0 Å². The summed E-state index contributed by atoms with van der Waals surface area (Å²) < 4.78 is 5.57. The largest absolute Gasteiger partial charge is 0.504 e. The second-order valence-corrected chi connectivity index (χ2v) is 9.96. The molecule has 188 valence electrons. The summed E-state index contributed by atoms with van der Waals surface area (Å²) in [6.07, 6.45) is 6.83. The third-order valence-electron chi connectivity index (χ3n) is 8.36. The van der Waals surface area contributed by atoms with Crippen molar-refractivity contribution < 1.29 is 14.9 Å². The fourth-order valence-electron chi connectivity index (χ4n) is 6.73. The van der Waals surface area contributed by atoms with E-state index >= 15 is 0 Å². The molecular formula is C27H38BrClN2O3. The van der Waals surface area contributed by atoms with Crippen LogP contribution in [0.4, 0.5) is 0 Å². The van der Waals surface area contributed by atoms with Crippen LogP contribution in [0.15, 0.2) is 24.3 Å². The molecular weight excluding hydrogens is 516 g/mol. The van der Waals surface area contributed by atoms with Gasteiger partial charge in [0, 0.05) is 29.5 Å². The number of aromatic hydroxyl groups is 2. The van der Waals surface area contributed by atoms with Crippen molar-refractivity contribution in [3.63, 3.8) is 0 Å². The summed E-state index contributed by atoms with van der Waals surface area (Å²) in [5, 5.41) is 23.0. The van der Waals surface area contributed by atoms with Gasteiger partial charge >= 0.3 is 0 Å². The number of likely N-dealkylation sites (N-methyl/N-ethyl adjacent to an activating group) is 1. The molecule has 4 aliphatic rings. The molecule has 7 heteroatoms. The predicted octanol–water partition coefficient (Wildman–Crippen LogP) is 5.23. The molecule has 0 aromatic heterocycles. The zero-order chi connectivity index (χ0) is 22.4. The number of halogens is 2. The molecule has 2 aliphatic heterocycles. The van der Waals surface area contributed by atoms with Crippen molar-refractivity contribution in [2.75, 3.05) is 27.2 Å².